The number of para-hydroxylation sites is 1. The van der Waals surface area contributed by atoms with E-state index in [1.54, 1.807) is 6.07 Å². The van der Waals surface area contributed by atoms with Crippen molar-refractivity contribution >= 4 is 5.69 Å². The molecule has 106 valence electrons. The van der Waals surface area contributed by atoms with Crippen molar-refractivity contribution in [2.75, 3.05) is 5.32 Å². The Morgan fingerprint density at radius 2 is 1.79 bits per heavy atom. The molecule has 19 heavy (non-hydrogen) atoms. The number of rotatable bonds is 2. The molecule has 0 saturated heterocycles. The maximum atomic E-state index is 13.6. The van der Waals surface area contributed by atoms with Crippen LogP contribution in [0.25, 0.3) is 0 Å². The molecule has 1 aliphatic rings. The first-order valence-electron chi connectivity index (χ1n) is 7.48. The summed E-state index contributed by atoms with van der Waals surface area (Å²) in [6.07, 6.45) is 6.10. The van der Waals surface area contributed by atoms with Gasteiger partial charge in [-0.1, -0.05) is 39.3 Å². The van der Waals surface area contributed by atoms with Crippen LogP contribution in [0.3, 0.4) is 0 Å². The van der Waals surface area contributed by atoms with E-state index in [0.717, 1.165) is 18.8 Å². The van der Waals surface area contributed by atoms with Crippen molar-refractivity contribution in [2.45, 2.75) is 58.9 Å². The standard InChI is InChI=1S/C17H26FN/c1-17(2,3)13-7-6-8-14(12-11-13)19-16-10-5-4-9-15(16)18/h4-5,9-10,13-14,19H,6-8,11-12H2,1-3H3. The molecule has 2 unspecified atom stereocenters. The molecular weight excluding hydrogens is 237 g/mol. The van der Waals surface area contributed by atoms with E-state index in [9.17, 15) is 4.39 Å². The Morgan fingerprint density at radius 3 is 2.47 bits per heavy atom. The molecule has 2 atom stereocenters. The molecule has 2 heteroatoms. The monoisotopic (exact) mass is 263 g/mol. The van der Waals surface area contributed by atoms with Crippen LogP contribution in [0.1, 0.15) is 52.9 Å². The quantitative estimate of drug-likeness (QED) is 0.720. The molecule has 1 fully saturated rings. The van der Waals surface area contributed by atoms with E-state index >= 15 is 0 Å². The average molecular weight is 263 g/mol. The summed E-state index contributed by atoms with van der Waals surface area (Å²) in [5.41, 5.74) is 1.05. The topological polar surface area (TPSA) is 12.0 Å². The second-order valence-electron chi connectivity index (χ2n) is 6.89. The summed E-state index contributed by atoms with van der Waals surface area (Å²) < 4.78 is 13.6. The van der Waals surface area contributed by atoms with E-state index in [1.807, 2.05) is 12.1 Å². The molecule has 0 aromatic heterocycles. The van der Waals surface area contributed by atoms with Crippen molar-refractivity contribution in [3.63, 3.8) is 0 Å². The maximum Gasteiger partial charge on any atom is 0.146 e. The smallest absolute Gasteiger partial charge is 0.146 e. The molecular formula is C17H26FN. The van der Waals surface area contributed by atoms with Gasteiger partial charge in [0.15, 0.2) is 0 Å². The predicted molar refractivity (Wildman–Crippen MR) is 79.8 cm³/mol. The summed E-state index contributed by atoms with van der Waals surface area (Å²) in [5.74, 6) is 0.652. The molecule has 1 aliphatic carbocycles. The fraction of sp³-hybridized carbons (Fsp3) is 0.647. The van der Waals surface area contributed by atoms with Crippen LogP contribution >= 0.6 is 0 Å². The van der Waals surface area contributed by atoms with Gasteiger partial charge in [0.05, 0.1) is 5.69 Å². The van der Waals surface area contributed by atoms with Crippen molar-refractivity contribution in [1.29, 1.82) is 0 Å². The van der Waals surface area contributed by atoms with E-state index in [2.05, 4.69) is 26.1 Å². The summed E-state index contributed by atoms with van der Waals surface area (Å²) in [4.78, 5) is 0. The fourth-order valence-electron chi connectivity index (χ4n) is 3.11. The Kier molecular flexibility index (Phi) is 4.49. The van der Waals surface area contributed by atoms with E-state index in [4.69, 9.17) is 0 Å². The second kappa shape index (κ2) is 5.94. The van der Waals surface area contributed by atoms with Gasteiger partial charge in [-0.3, -0.25) is 0 Å². The molecule has 0 heterocycles. The fourth-order valence-corrected chi connectivity index (χ4v) is 3.11. The Hall–Kier alpha value is -1.05. The minimum Gasteiger partial charge on any atom is -0.380 e. The van der Waals surface area contributed by atoms with E-state index in [0.29, 0.717) is 17.1 Å². The van der Waals surface area contributed by atoms with Crippen LogP contribution < -0.4 is 5.32 Å². The molecule has 1 aromatic carbocycles. The molecule has 0 radical (unpaired) electrons. The minimum atomic E-state index is -0.140. The Labute approximate surface area is 116 Å². The van der Waals surface area contributed by atoms with Crippen molar-refractivity contribution in [3.05, 3.63) is 30.1 Å². The van der Waals surface area contributed by atoms with Gasteiger partial charge in [0.25, 0.3) is 0 Å². The van der Waals surface area contributed by atoms with Crippen LogP contribution in [0.5, 0.6) is 0 Å². The molecule has 1 N–H and O–H groups in total. The third-order valence-electron chi connectivity index (χ3n) is 4.43. The number of nitrogens with one attached hydrogen (secondary N) is 1. The molecule has 1 aromatic rings. The zero-order valence-electron chi connectivity index (χ0n) is 12.4. The van der Waals surface area contributed by atoms with Gasteiger partial charge in [-0.25, -0.2) is 4.39 Å². The van der Waals surface area contributed by atoms with Gasteiger partial charge in [0, 0.05) is 6.04 Å². The van der Waals surface area contributed by atoms with Crippen molar-refractivity contribution in [3.8, 4) is 0 Å². The van der Waals surface area contributed by atoms with Crippen LogP contribution in [-0.2, 0) is 0 Å². The lowest BCUT2D eigenvalue weighted by Crippen LogP contribution is -2.22. The van der Waals surface area contributed by atoms with E-state index < -0.39 is 0 Å². The van der Waals surface area contributed by atoms with Gasteiger partial charge in [0.2, 0.25) is 0 Å². The lowest BCUT2D eigenvalue weighted by atomic mass is 9.76. The lowest BCUT2D eigenvalue weighted by Gasteiger charge is -2.29. The Balaban J connectivity index is 1.95. The first kappa shape index (κ1) is 14.4. The molecule has 1 nitrogen and oxygen atoms in total. The molecule has 0 amide bonds. The highest BCUT2D eigenvalue weighted by atomic mass is 19.1. The number of benzene rings is 1. The molecule has 2 rings (SSSR count). The summed E-state index contributed by atoms with van der Waals surface area (Å²) in [6, 6.07) is 7.41. The number of hydrogen-bond acceptors (Lipinski definition) is 1. The third-order valence-corrected chi connectivity index (χ3v) is 4.43. The second-order valence-corrected chi connectivity index (χ2v) is 6.89. The van der Waals surface area contributed by atoms with Gasteiger partial charge < -0.3 is 5.32 Å². The first-order chi connectivity index (χ1) is 8.97. The van der Waals surface area contributed by atoms with E-state index in [-0.39, 0.29) is 5.82 Å². The molecule has 0 spiro atoms. The average Bonchev–Trinajstić information content (AvgIpc) is 2.57. The highest BCUT2D eigenvalue weighted by Gasteiger charge is 2.27. The molecule has 0 aliphatic heterocycles. The highest BCUT2D eigenvalue weighted by Crippen LogP contribution is 2.37. The normalized spacial score (nSPS) is 24.8. The summed E-state index contributed by atoms with van der Waals surface area (Å²) in [7, 11) is 0. The summed E-state index contributed by atoms with van der Waals surface area (Å²) in [6.45, 7) is 7.01. The molecule has 0 bridgehead atoms. The van der Waals surface area contributed by atoms with Crippen LogP contribution in [0.2, 0.25) is 0 Å². The number of anilines is 1. The zero-order valence-corrected chi connectivity index (χ0v) is 12.4. The largest absolute Gasteiger partial charge is 0.380 e. The Bertz CT molecular complexity index is 408. The maximum absolute atomic E-state index is 13.6. The lowest BCUT2D eigenvalue weighted by molar-refractivity contribution is 0.214. The minimum absolute atomic E-state index is 0.140. The highest BCUT2D eigenvalue weighted by molar-refractivity contribution is 5.45. The van der Waals surface area contributed by atoms with Crippen LogP contribution in [-0.4, -0.2) is 6.04 Å². The van der Waals surface area contributed by atoms with Crippen LogP contribution in [0.4, 0.5) is 10.1 Å². The van der Waals surface area contributed by atoms with Gasteiger partial charge in [-0.2, -0.15) is 0 Å². The summed E-state index contributed by atoms with van der Waals surface area (Å²) in [5, 5.41) is 3.39. The Morgan fingerprint density at radius 1 is 1.05 bits per heavy atom. The van der Waals surface area contributed by atoms with E-state index in [1.165, 1.54) is 25.3 Å². The predicted octanol–water partition coefficient (Wildman–Crippen LogP) is 5.23. The van der Waals surface area contributed by atoms with Crippen molar-refractivity contribution in [1.82, 2.24) is 0 Å². The third kappa shape index (κ3) is 3.95. The van der Waals surface area contributed by atoms with Gasteiger partial charge in [-0.15, -0.1) is 0 Å². The van der Waals surface area contributed by atoms with Crippen LogP contribution in [0.15, 0.2) is 24.3 Å². The summed E-state index contributed by atoms with van der Waals surface area (Å²) >= 11 is 0. The SMILES string of the molecule is CC(C)(C)C1CCCC(Nc2ccccc2F)CC1. The van der Waals surface area contributed by atoms with Crippen molar-refractivity contribution < 1.29 is 4.39 Å². The zero-order chi connectivity index (χ0) is 13.9. The first-order valence-corrected chi connectivity index (χ1v) is 7.48. The molecule has 1 saturated carbocycles. The van der Waals surface area contributed by atoms with Gasteiger partial charge >= 0.3 is 0 Å². The van der Waals surface area contributed by atoms with Crippen LogP contribution in [0, 0.1) is 17.2 Å². The number of halogens is 1. The van der Waals surface area contributed by atoms with Crippen molar-refractivity contribution in [2.24, 2.45) is 11.3 Å². The van der Waals surface area contributed by atoms with Gasteiger partial charge in [0.1, 0.15) is 5.82 Å². The van der Waals surface area contributed by atoms with Gasteiger partial charge in [-0.05, 0) is 49.1 Å². The number of hydrogen-bond donors (Lipinski definition) is 1.